The summed E-state index contributed by atoms with van der Waals surface area (Å²) in [5.74, 6) is 0.683. The number of carbonyl (C=O) groups is 1. The monoisotopic (exact) mass is 693 g/mol. The average molecular weight is 694 g/mol. The van der Waals surface area contributed by atoms with Crippen molar-refractivity contribution in [3.8, 4) is 11.5 Å². The Labute approximate surface area is 285 Å². The van der Waals surface area contributed by atoms with E-state index in [4.69, 9.17) is 61.6 Å². The molecule has 0 saturated carbocycles. The van der Waals surface area contributed by atoms with Crippen LogP contribution in [0.15, 0.2) is 18.2 Å². The number of carbonyl (C=O) groups excluding carboxylic acids is 1. The molecule has 0 fully saturated rings. The normalized spacial score (nSPS) is 11.2. The van der Waals surface area contributed by atoms with Gasteiger partial charge < -0.3 is 66.9 Å². The zero-order valence-electron chi connectivity index (χ0n) is 29.2. The lowest BCUT2D eigenvalue weighted by Gasteiger charge is -2.13. The van der Waals surface area contributed by atoms with Crippen molar-refractivity contribution in [1.82, 2.24) is 5.32 Å². The van der Waals surface area contributed by atoms with E-state index in [0.29, 0.717) is 156 Å². The molecule has 0 saturated heterocycles. The first-order chi connectivity index (χ1) is 23.7. The molecule has 0 radical (unpaired) electrons. The predicted molar refractivity (Wildman–Crippen MR) is 177 cm³/mol. The van der Waals surface area contributed by atoms with Crippen molar-refractivity contribution in [3.63, 3.8) is 0 Å². The average Bonchev–Trinajstić information content (AvgIpc) is 3.10. The van der Waals surface area contributed by atoms with Gasteiger partial charge in [0.25, 0.3) is 5.91 Å². The highest BCUT2D eigenvalue weighted by Crippen LogP contribution is 2.23. The zero-order valence-corrected chi connectivity index (χ0v) is 29.2. The Morgan fingerprint density at radius 3 is 1.17 bits per heavy atom. The van der Waals surface area contributed by atoms with E-state index in [1.54, 1.807) is 32.4 Å². The lowest BCUT2D eigenvalue weighted by Crippen LogP contribution is -2.27. The molecule has 0 heterocycles. The zero-order chi connectivity index (χ0) is 34.6. The van der Waals surface area contributed by atoms with E-state index in [9.17, 15) is 4.79 Å². The number of methoxy groups -OCH3 is 2. The number of benzene rings is 1. The van der Waals surface area contributed by atoms with Gasteiger partial charge in [-0.1, -0.05) is 0 Å². The summed E-state index contributed by atoms with van der Waals surface area (Å²) in [6.45, 7) is 12.5. The fraction of sp³-hybridized carbons (Fsp3) is 0.788. The van der Waals surface area contributed by atoms with Crippen LogP contribution in [0.25, 0.3) is 0 Å². The van der Waals surface area contributed by atoms with Gasteiger partial charge in [-0.3, -0.25) is 4.79 Å². The van der Waals surface area contributed by atoms with E-state index >= 15 is 0 Å². The second kappa shape index (κ2) is 34.7. The van der Waals surface area contributed by atoms with Crippen molar-refractivity contribution in [3.05, 3.63) is 23.8 Å². The summed E-state index contributed by atoms with van der Waals surface area (Å²) in [6, 6.07) is 5.05. The van der Waals surface area contributed by atoms with Crippen LogP contribution in [0.2, 0.25) is 0 Å². The molecule has 0 aliphatic heterocycles. The molecule has 0 aliphatic carbocycles. The van der Waals surface area contributed by atoms with Gasteiger partial charge in [0.15, 0.2) is 0 Å². The van der Waals surface area contributed by atoms with Crippen molar-refractivity contribution in [2.24, 2.45) is 0 Å². The Morgan fingerprint density at radius 1 is 0.458 bits per heavy atom. The molecule has 15 nitrogen and oxygen atoms in total. The molecule has 48 heavy (non-hydrogen) atoms. The molecule has 0 spiro atoms. The van der Waals surface area contributed by atoms with Gasteiger partial charge in [0, 0.05) is 39.0 Å². The molecule has 0 aliphatic rings. The van der Waals surface area contributed by atoms with E-state index in [1.165, 1.54) is 0 Å². The Bertz CT molecular complexity index is 804. The van der Waals surface area contributed by atoms with Crippen LogP contribution in [0.3, 0.4) is 0 Å². The lowest BCUT2D eigenvalue weighted by atomic mass is 10.2. The summed E-state index contributed by atoms with van der Waals surface area (Å²) < 4.78 is 70.6. The van der Waals surface area contributed by atoms with Crippen molar-refractivity contribution in [1.29, 1.82) is 0 Å². The first-order valence-corrected chi connectivity index (χ1v) is 16.6. The van der Waals surface area contributed by atoms with Crippen LogP contribution >= 0.6 is 0 Å². The molecule has 0 unspecified atom stereocenters. The van der Waals surface area contributed by atoms with E-state index in [-0.39, 0.29) is 19.1 Å². The minimum atomic E-state index is -0.277. The van der Waals surface area contributed by atoms with Crippen LogP contribution in [-0.4, -0.2) is 172 Å². The van der Waals surface area contributed by atoms with Crippen molar-refractivity contribution >= 4 is 5.91 Å². The SMILES string of the molecule is CCOCCOCCOCCNC(=O)c1cc(OCCOCCOCCOCCOC)cc(OCCOCCOCCOCCOC)c1. The van der Waals surface area contributed by atoms with Gasteiger partial charge in [-0.25, -0.2) is 0 Å². The van der Waals surface area contributed by atoms with Gasteiger partial charge in [-0.05, 0) is 19.1 Å². The topological polar surface area (TPSA) is 149 Å². The summed E-state index contributed by atoms with van der Waals surface area (Å²) >= 11 is 0. The minimum Gasteiger partial charge on any atom is -0.491 e. The fourth-order valence-electron chi connectivity index (χ4n) is 3.60. The molecule has 15 heteroatoms. The van der Waals surface area contributed by atoms with Crippen LogP contribution in [0, 0.1) is 0 Å². The molecule has 0 bridgehead atoms. The summed E-state index contributed by atoms with van der Waals surface area (Å²) in [6.07, 6.45) is 0. The molecule has 0 atom stereocenters. The van der Waals surface area contributed by atoms with Crippen LogP contribution in [0.1, 0.15) is 17.3 Å². The maximum absolute atomic E-state index is 12.9. The summed E-state index contributed by atoms with van der Waals surface area (Å²) in [7, 11) is 3.26. The molecule has 1 N–H and O–H groups in total. The maximum atomic E-state index is 12.9. The Balaban J connectivity index is 2.40. The number of hydrogen-bond acceptors (Lipinski definition) is 14. The first-order valence-electron chi connectivity index (χ1n) is 16.6. The molecule has 1 aromatic rings. The highest BCUT2D eigenvalue weighted by atomic mass is 16.6. The smallest absolute Gasteiger partial charge is 0.251 e. The van der Waals surface area contributed by atoms with E-state index in [1.807, 2.05) is 6.92 Å². The van der Waals surface area contributed by atoms with Crippen LogP contribution in [-0.2, 0) is 52.1 Å². The highest BCUT2D eigenvalue weighted by Gasteiger charge is 2.11. The molecule has 280 valence electrons. The Hall–Kier alpha value is -2.15. The van der Waals surface area contributed by atoms with Crippen molar-refractivity contribution in [2.45, 2.75) is 6.92 Å². The number of nitrogens with one attached hydrogen (secondary N) is 1. The number of hydrogen-bond donors (Lipinski definition) is 1. The quantitative estimate of drug-likeness (QED) is 0.101. The third-order valence-electron chi connectivity index (χ3n) is 5.97. The molecule has 0 aromatic heterocycles. The lowest BCUT2D eigenvalue weighted by molar-refractivity contribution is -0.000105. The van der Waals surface area contributed by atoms with Crippen molar-refractivity contribution < 1.29 is 66.4 Å². The van der Waals surface area contributed by atoms with Gasteiger partial charge in [-0.2, -0.15) is 0 Å². The molecule has 1 rings (SSSR count). The Kier molecular flexibility index (Phi) is 31.7. The van der Waals surface area contributed by atoms with E-state index < -0.39 is 0 Å². The second-order valence-corrected chi connectivity index (χ2v) is 9.73. The van der Waals surface area contributed by atoms with Crippen LogP contribution < -0.4 is 14.8 Å². The van der Waals surface area contributed by atoms with Gasteiger partial charge in [0.05, 0.1) is 126 Å². The standard InChI is InChI=1S/C33H59NO14/c1-4-38-11-12-42-14-13-39-6-5-34-33(35)30-27-31(47-25-23-45-21-19-43-17-15-40-9-7-36-2)29-32(28-30)48-26-24-46-22-20-44-18-16-41-10-8-37-3/h27-29H,4-26H2,1-3H3,(H,34,35). The summed E-state index contributed by atoms with van der Waals surface area (Å²) in [4.78, 5) is 12.9. The van der Waals surface area contributed by atoms with Gasteiger partial charge in [0.1, 0.15) is 24.7 Å². The fourth-order valence-corrected chi connectivity index (χ4v) is 3.60. The van der Waals surface area contributed by atoms with Crippen molar-refractivity contribution in [2.75, 3.05) is 166 Å². The highest BCUT2D eigenvalue weighted by molar-refractivity contribution is 5.95. The van der Waals surface area contributed by atoms with E-state index in [2.05, 4.69) is 5.32 Å². The largest absolute Gasteiger partial charge is 0.491 e. The number of ether oxygens (including phenoxy) is 13. The molecule has 1 amide bonds. The second-order valence-electron chi connectivity index (χ2n) is 9.73. The summed E-state index contributed by atoms with van der Waals surface area (Å²) in [5, 5.41) is 2.86. The van der Waals surface area contributed by atoms with Crippen LogP contribution in [0.4, 0.5) is 0 Å². The van der Waals surface area contributed by atoms with Crippen LogP contribution in [0.5, 0.6) is 11.5 Å². The minimum absolute atomic E-state index is 0.277. The Morgan fingerprint density at radius 2 is 0.792 bits per heavy atom. The number of rotatable bonds is 37. The van der Waals surface area contributed by atoms with Gasteiger partial charge in [-0.15, -0.1) is 0 Å². The van der Waals surface area contributed by atoms with E-state index in [0.717, 1.165) is 0 Å². The summed E-state index contributed by atoms with van der Waals surface area (Å²) in [5.41, 5.74) is 0.394. The third-order valence-corrected chi connectivity index (χ3v) is 5.97. The third kappa shape index (κ3) is 27.8. The number of amides is 1. The van der Waals surface area contributed by atoms with Gasteiger partial charge >= 0.3 is 0 Å². The first kappa shape index (κ1) is 43.9. The molecular formula is C33H59NO14. The maximum Gasteiger partial charge on any atom is 0.251 e. The van der Waals surface area contributed by atoms with Gasteiger partial charge in [0.2, 0.25) is 0 Å². The molecule has 1 aromatic carbocycles. The molecular weight excluding hydrogens is 634 g/mol. The predicted octanol–water partition coefficient (Wildman–Crippen LogP) is 1.64.